The van der Waals surface area contributed by atoms with Crippen molar-refractivity contribution in [2.45, 2.75) is 32.4 Å². The van der Waals surface area contributed by atoms with Crippen LogP contribution in [0, 0.1) is 12.7 Å². The first-order valence-electron chi connectivity index (χ1n) is 12.4. The molecule has 38 heavy (non-hydrogen) atoms. The minimum atomic E-state index is -1.51. The third-order valence-electron chi connectivity index (χ3n) is 6.83. The van der Waals surface area contributed by atoms with Gasteiger partial charge in [-0.2, -0.15) is 9.61 Å². The fourth-order valence-corrected chi connectivity index (χ4v) is 4.72. The van der Waals surface area contributed by atoms with E-state index in [0.717, 1.165) is 0 Å². The van der Waals surface area contributed by atoms with Crippen LogP contribution in [0.15, 0.2) is 60.9 Å². The van der Waals surface area contributed by atoms with Gasteiger partial charge in [0.15, 0.2) is 5.65 Å². The summed E-state index contributed by atoms with van der Waals surface area (Å²) in [5.41, 5.74) is 0.780. The number of halogens is 2. The van der Waals surface area contributed by atoms with E-state index in [1.54, 1.807) is 49.1 Å². The predicted molar refractivity (Wildman–Crippen MR) is 138 cm³/mol. The van der Waals surface area contributed by atoms with Crippen LogP contribution in [0.4, 0.5) is 20.3 Å². The Bertz CT molecular complexity index is 1500. The number of fused-ring (bicyclic) bond motifs is 1. The summed E-state index contributed by atoms with van der Waals surface area (Å²) in [4.78, 5) is 32.1. The second-order valence-corrected chi connectivity index (χ2v) is 9.24. The maximum absolute atomic E-state index is 15.7. The van der Waals surface area contributed by atoms with Gasteiger partial charge in [0.25, 0.3) is 5.91 Å². The maximum atomic E-state index is 15.7. The van der Waals surface area contributed by atoms with Gasteiger partial charge in [-0.15, -0.1) is 0 Å². The number of carbonyl (C=O) groups excluding carboxylic acids is 2. The van der Waals surface area contributed by atoms with E-state index in [0.29, 0.717) is 16.8 Å². The van der Waals surface area contributed by atoms with E-state index >= 15 is 4.39 Å². The summed E-state index contributed by atoms with van der Waals surface area (Å²) >= 11 is 0. The van der Waals surface area contributed by atoms with Crippen molar-refractivity contribution in [1.82, 2.24) is 19.5 Å². The van der Waals surface area contributed by atoms with Crippen LogP contribution in [0.2, 0.25) is 0 Å². The molecule has 8 nitrogen and oxygen atoms in total. The summed E-state index contributed by atoms with van der Waals surface area (Å²) in [5.74, 6) is -1.08. The lowest BCUT2D eigenvalue weighted by Crippen LogP contribution is -2.43. The van der Waals surface area contributed by atoms with Crippen molar-refractivity contribution in [1.29, 1.82) is 0 Å². The van der Waals surface area contributed by atoms with Crippen molar-refractivity contribution in [2.75, 3.05) is 25.0 Å². The fraction of sp³-hybridized carbons (Fsp3) is 0.286. The van der Waals surface area contributed by atoms with E-state index in [4.69, 9.17) is 4.74 Å². The van der Waals surface area contributed by atoms with Gasteiger partial charge in [-0.25, -0.2) is 18.6 Å². The molecule has 1 saturated heterocycles. The number of nitrogens with one attached hydrogen (secondary N) is 1. The first kappa shape index (κ1) is 25.3. The SMILES string of the molecule is CCOC(=O)c1cnn2c(Nc3ccc(F)cc3C)c(C(=O)N3CCC(F)(c4ccccc4)CC3)cnc12. The summed E-state index contributed by atoms with van der Waals surface area (Å²) in [5, 5.41) is 7.48. The molecule has 1 aliphatic heterocycles. The number of carbonyl (C=O) groups is 2. The number of amides is 1. The topological polar surface area (TPSA) is 88.8 Å². The normalized spacial score (nSPS) is 14.9. The zero-order chi connectivity index (χ0) is 26.9. The largest absolute Gasteiger partial charge is 0.462 e. The summed E-state index contributed by atoms with van der Waals surface area (Å²) in [6.45, 7) is 4.03. The Morgan fingerprint density at radius 3 is 2.50 bits per heavy atom. The Hall–Kier alpha value is -4.34. The number of ether oxygens (including phenoxy) is 1. The standard InChI is InChI=1S/C28H27F2N5O3/c1-3-38-27(37)22-17-32-35-24(22)31-16-21(25(35)33-23-10-9-20(29)15-18(23)2)26(36)34-13-11-28(30,12-14-34)19-7-5-4-6-8-19/h4-10,15-17,33H,3,11-14H2,1-2H3. The highest BCUT2D eigenvalue weighted by Gasteiger charge is 2.38. The zero-order valence-corrected chi connectivity index (χ0v) is 21.1. The predicted octanol–water partition coefficient (Wildman–Crippen LogP) is 5.20. The van der Waals surface area contributed by atoms with Crippen LogP contribution in [-0.2, 0) is 10.4 Å². The van der Waals surface area contributed by atoms with Crippen molar-refractivity contribution in [2.24, 2.45) is 0 Å². The molecule has 196 valence electrons. The molecule has 1 aliphatic rings. The number of esters is 1. The average molecular weight is 520 g/mol. The van der Waals surface area contributed by atoms with Crippen molar-refractivity contribution in [3.8, 4) is 0 Å². The van der Waals surface area contributed by atoms with Crippen LogP contribution in [0.5, 0.6) is 0 Å². The van der Waals surface area contributed by atoms with Gasteiger partial charge in [0.1, 0.15) is 28.4 Å². The number of aryl methyl sites for hydroxylation is 1. The van der Waals surface area contributed by atoms with Gasteiger partial charge in [-0.05, 0) is 43.2 Å². The number of aromatic nitrogens is 3. The van der Waals surface area contributed by atoms with Crippen LogP contribution >= 0.6 is 0 Å². The van der Waals surface area contributed by atoms with Crippen molar-refractivity contribution < 1.29 is 23.1 Å². The third kappa shape index (κ3) is 4.69. The van der Waals surface area contributed by atoms with Crippen molar-refractivity contribution >= 4 is 29.0 Å². The van der Waals surface area contributed by atoms with Crippen LogP contribution in [0.3, 0.4) is 0 Å². The Balaban J connectivity index is 1.50. The second-order valence-electron chi connectivity index (χ2n) is 9.24. The second kappa shape index (κ2) is 10.2. The molecule has 0 saturated carbocycles. The molecule has 0 bridgehead atoms. The Morgan fingerprint density at radius 2 is 1.82 bits per heavy atom. The highest BCUT2D eigenvalue weighted by Crippen LogP contribution is 2.37. The lowest BCUT2D eigenvalue weighted by molar-refractivity contribution is 0.0421. The minimum absolute atomic E-state index is 0.146. The summed E-state index contributed by atoms with van der Waals surface area (Å²) in [7, 11) is 0. The highest BCUT2D eigenvalue weighted by atomic mass is 19.1. The van der Waals surface area contributed by atoms with Crippen LogP contribution in [0.25, 0.3) is 5.65 Å². The lowest BCUT2D eigenvalue weighted by Gasteiger charge is -2.37. The summed E-state index contributed by atoms with van der Waals surface area (Å²) in [6.07, 6.45) is 3.02. The van der Waals surface area contributed by atoms with Crippen LogP contribution in [0.1, 0.15) is 51.6 Å². The van der Waals surface area contributed by atoms with Crippen molar-refractivity contribution in [3.63, 3.8) is 0 Å². The van der Waals surface area contributed by atoms with E-state index in [1.807, 2.05) is 6.07 Å². The van der Waals surface area contributed by atoms with E-state index in [1.165, 1.54) is 29.0 Å². The summed E-state index contributed by atoms with van der Waals surface area (Å²) in [6, 6.07) is 13.2. The van der Waals surface area contributed by atoms with E-state index in [-0.39, 0.29) is 61.0 Å². The number of piperidine rings is 1. The number of likely N-dealkylation sites (tertiary alicyclic amines) is 1. The molecule has 1 fully saturated rings. The number of nitrogens with zero attached hydrogens (tertiary/aromatic N) is 4. The molecule has 2 aromatic heterocycles. The molecule has 0 spiro atoms. The molecular formula is C28H27F2N5O3. The van der Waals surface area contributed by atoms with Gasteiger partial charge in [0.2, 0.25) is 0 Å². The number of rotatable bonds is 6. The number of alkyl halides is 1. The van der Waals surface area contributed by atoms with Crippen molar-refractivity contribution in [3.05, 3.63) is 89.0 Å². The molecule has 2 aromatic carbocycles. The fourth-order valence-electron chi connectivity index (χ4n) is 4.72. The van der Waals surface area contributed by atoms with Gasteiger partial charge < -0.3 is 15.0 Å². The molecule has 0 atom stereocenters. The Labute approximate surface area is 218 Å². The monoisotopic (exact) mass is 519 g/mol. The highest BCUT2D eigenvalue weighted by molar-refractivity contribution is 6.01. The van der Waals surface area contributed by atoms with Gasteiger partial charge >= 0.3 is 5.97 Å². The van der Waals surface area contributed by atoms with E-state index in [9.17, 15) is 14.0 Å². The average Bonchev–Trinajstić information content (AvgIpc) is 3.36. The molecular weight excluding hydrogens is 492 g/mol. The maximum Gasteiger partial charge on any atom is 0.343 e. The van der Waals surface area contributed by atoms with Gasteiger partial charge in [0, 0.05) is 37.8 Å². The summed E-state index contributed by atoms with van der Waals surface area (Å²) < 4.78 is 35.9. The Morgan fingerprint density at radius 1 is 1.08 bits per heavy atom. The lowest BCUT2D eigenvalue weighted by atomic mass is 9.86. The van der Waals surface area contributed by atoms with Crippen LogP contribution in [-0.4, -0.2) is 51.1 Å². The molecule has 1 N–H and O–H groups in total. The molecule has 0 aliphatic carbocycles. The van der Waals surface area contributed by atoms with E-state index < -0.39 is 17.5 Å². The molecule has 1 amide bonds. The smallest absolute Gasteiger partial charge is 0.343 e. The zero-order valence-electron chi connectivity index (χ0n) is 21.1. The van der Waals surface area contributed by atoms with Crippen LogP contribution < -0.4 is 5.32 Å². The number of anilines is 2. The first-order chi connectivity index (χ1) is 18.3. The van der Waals surface area contributed by atoms with Gasteiger partial charge in [-0.3, -0.25) is 4.79 Å². The molecule has 4 aromatic rings. The minimum Gasteiger partial charge on any atom is -0.462 e. The van der Waals surface area contributed by atoms with Gasteiger partial charge in [0.05, 0.1) is 12.8 Å². The number of hydrogen-bond acceptors (Lipinski definition) is 6. The molecule has 10 heteroatoms. The molecule has 5 rings (SSSR count). The van der Waals surface area contributed by atoms with E-state index in [2.05, 4.69) is 15.4 Å². The molecule has 0 radical (unpaired) electrons. The quantitative estimate of drug-likeness (QED) is 0.353. The van der Waals surface area contributed by atoms with Gasteiger partial charge in [-0.1, -0.05) is 30.3 Å². The Kier molecular flexibility index (Phi) is 6.79. The first-order valence-corrected chi connectivity index (χ1v) is 12.4. The molecule has 3 heterocycles. The third-order valence-corrected chi connectivity index (χ3v) is 6.83. The number of hydrogen-bond donors (Lipinski definition) is 1. The number of benzene rings is 2. The molecule has 0 unspecified atom stereocenters.